The molecule has 2 aliphatic carbocycles. The summed E-state index contributed by atoms with van der Waals surface area (Å²) in [6, 6.07) is 85.7. The van der Waals surface area contributed by atoms with Crippen LogP contribution in [-0.4, -0.2) is 4.57 Å². The summed E-state index contributed by atoms with van der Waals surface area (Å²) in [5.74, 6) is 0. The Morgan fingerprint density at radius 1 is 0.344 bits per heavy atom. The Bertz CT molecular complexity index is 3730. The van der Waals surface area contributed by atoms with Gasteiger partial charge in [-0.3, -0.25) is 0 Å². The number of nitrogens with zero attached hydrogens (tertiary/aromatic N) is 2. The zero-order valence-corrected chi connectivity index (χ0v) is 35.6. The number of fused-ring (bicyclic) bond motifs is 16. The third-order valence-corrected chi connectivity index (χ3v) is 15.2. The van der Waals surface area contributed by atoms with E-state index in [1.54, 1.807) is 0 Å². The summed E-state index contributed by atoms with van der Waals surface area (Å²) in [5.41, 5.74) is 19.5. The number of benzene rings is 10. The Labute approximate surface area is 375 Å². The van der Waals surface area contributed by atoms with E-state index >= 15 is 0 Å². The molecule has 1 spiro atoms. The van der Waals surface area contributed by atoms with E-state index in [0.29, 0.717) is 0 Å². The lowest BCUT2D eigenvalue weighted by Crippen LogP contribution is -2.26. The maximum Gasteiger partial charge on any atom is 0.0726 e. The smallest absolute Gasteiger partial charge is 0.0726 e. The Morgan fingerprint density at radius 2 is 0.812 bits per heavy atom. The van der Waals surface area contributed by atoms with Crippen molar-refractivity contribution in [2.75, 3.05) is 4.90 Å². The van der Waals surface area contributed by atoms with E-state index in [4.69, 9.17) is 0 Å². The molecule has 0 bridgehead atoms. The van der Waals surface area contributed by atoms with Crippen molar-refractivity contribution in [3.05, 3.63) is 253 Å². The van der Waals surface area contributed by atoms with Gasteiger partial charge in [-0.25, -0.2) is 0 Å². The van der Waals surface area contributed by atoms with Crippen LogP contribution in [0, 0.1) is 0 Å². The second-order valence-electron chi connectivity index (χ2n) is 17.2. The molecule has 10 aromatic carbocycles. The fraction of sp³-hybridized carbons (Fsp3) is 0.0164. The molecular weight excluding hydrogens is 793 g/mol. The Morgan fingerprint density at radius 3 is 1.44 bits per heavy atom. The van der Waals surface area contributed by atoms with Crippen molar-refractivity contribution in [2.45, 2.75) is 5.41 Å². The molecule has 0 unspecified atom stereocenters. The molecule has 0 N–H and O–H groups in total. The third-order valence-electron chi connectivity index (χ3n) is 14.0. The van der Waals surface area contributed by atoms with Crippen LogP contribution in [0.25, 0.3) is 81.0 Å². The first-order chi connectivity index (χ1) is 31.8. The second-order valence-corrected chi connectivity index (χ2v) is 18.2. The molecular formula is C61H38N2S. The van der Waals surface area contributed by atoms with Gasteiger partial charge in [-0.05, 0) is 122 Å². The van der Waals surface area contributed by atoms with Crippen molar-refractivity contribution in [1.29, 1.82) is 0 Å². The lowest BCUT2D eigenvalue weighted by atomic mass is 9.70. The summed E-state index contributed by atoms with van der Waals surface area (Å²) in [7, 11) is 0. The molecule has 14 rings (SSSR count). The van der Waals surface area contributed by atoms with Gasteiger partial charge in [0.1, 0.15) is 0 Å². The van der Waals surface area contributed by atoms with E-state index in [2.05, 4.69) is 240 Å². The number of thiophene rings is 1. The monoisotopic (exact) mass is 830 g/mol. The lowest BCUT2D eigenvalue weighted by Gasteiger charge is -2.32. The van der Waals surface area contributed by atoms with E-state index in [1.807, 2.05) is 11.3 Å². The quantitative estimate of drug-likeness (QED) is 0.168. The second kappa shape index (κ2) is 13.5. The van der Waals surface area contributed by atoms with E-state index in [0.717, 1.165) is 22.7 Å². The van der Waals surface area contributed by atoms with Gasteiger partial charge in [0.05, 0.1) is 16.4 Å². The highest BCUT2D eigenvalue weighted by Gasteiger charge is 2.51. The van der Waals surface area contributed by atoms with Gasteiger partial charge < -0.3 is 9.47 Å². The third kappa shape index (κ3) is 4.85. The molecule has 0 radical (unpaired) electrons. The molecule has 2 heterocycles. The van der Waals surface area contributed by atoms with Crippen molar-refractivity contribution in [3.8, 4) is 39.1 Å². The van der Waals surface area contributed by atoms with Crippen LogP contribution in [-0.2, 0) is 5.41 Å². The average molecular weight is 831 g/mol. The van der Waals surface area contributed by atoms with Gasteiger partial charge in [-0.1, -0.05) is 164 Å². The molecule has 2 nitrogen and oxygen atoms in total. The Kier molecular flexibility index (Phi) is 7.51. The van der Waals surface area contributed by atoms with Gasteiger partial charge in [-0.15, -0.1) is 11.3 Å². The maximum absolute atomic E-state index is 2.49. The van der Waals surface area contributed by atoms with Crippen molar-refractivity contribution < 1.29 is 0 Å². The van der Waals surface area contributed by atoms with Gasteiger partial charge >= 0.3 is 0 Å². The molecule has 298 valence electrons. The molecule has 0 saturated carbocycles. The van der Waals surface area contributed by atoms with Gasteiger partial charge in [0.2, 0.25) is 0 Å². The molecule has 12 aromatic rings. The standard InChI is InChI=1S/C61H38N2S/c1-7-22-53-45(14-1)46-15-2-8-23-54(46)61(53)55-24-9-3-16-47(55)48-37-36-43(38-56(48)61)62(40-30-28-39(29-31-40)44-20-13-21-52-51-19-6-12-27-59(51)64-60(44)52)41-32-34-42(35-33-41)63-57-25-10-4-17-49(57)50-18-5-11-26-58(50)63/h1-38H. The molecule has 2 aromatic heterocycles. The number of hydrogen-bond acceptors (Lipinski definition) is 2. The lowest BCUT2D eigenvalue weighted by molar-refractivity contribution is 0.793. The molecule has 0 amide bonds. The van der Waals surface area contributed by atoms with Crippen LogP contribution in [0.2, 0.25) is 0 Å². The largest absolute Gasteiger partial charge is 0.310 e. The molecule has 0 aliphatic heterocycles. The van der Waals surface area contributed by atoms with Gasteiger partial charge in [-0.2, -0.15) is 0 Å². The zero-order chi connectivity index (χ0) is 41.9. The maximum atomic E-state index is 2.49. The van der Waals surface area contributed by atoms with Crippen LogP contribution in [0.1, 0.15) is 22.3 Å². The molecule has 2 aliphatic rings. The van der Waals surface area contributed by atoms with Crippen LogP contribution in [0.3, 0.4) is 0 Å². The normalized spacial score (nSPS) is 13.1. The summed E-state index contributed by atoms with van der Waals surface area (Å²) in [4.78, 5) is 2.45. The van der Waals surface area contributed by atoms with Crippen LogP contribution in [0.4, 0.5) is 17.1 Å². The van der Waals surface area contributed by atoms with Crippen molar-refractivity contribution in [1.82, 2.24) is 4.57 Å². The number of aromatic nitrogens is 1. The first kappa shape index (κ1) is 35.6. The number of para-hydroxylation sites is 2. The average Bonchev–Trinajstić information content (AvgIpc) is 4.09. The predicted octanol–water partition coefficient (Wildman–Crippen LogP) is 16.6. The van der Waals surface area contributed by atoms with E-state index in [-0.39, 0.29) is 0 Å². The molecule has 64 heavy (non-hydrogen) atoms. The number of rotatable bonds is 5. The fourth-order valence-corrected chi connectivity index (χ4v) is 12.6. The molecule has 0 atom stereocenters. The minimum Gasteiger partial charge on any atom is -0.310 e. The molecule has 3 heteroatoms. The summed E-state index contributed by atoms with van der Waals surface area (Å²) in [6.07, 6.45) is 0. The van der Waals surface area contributed by atoms with Gasteiger partial charge in [0.15, 0.2) is 0 Å². The minimum absolute atomic E-state index is 0.437. The zero-order valence-electron chi connectivity index (χ0n) is 34.7. The topological polar surface area (TPSA) is 8.17 Å². The number of hydrogen-bond donors (Lipinski definition) is 0. The Hall–Kier alpha value is -7.98. The molecule has 0 saturated heterocycles. The highest BCUT2D eigenvalue weighted by molar-refractivity contribution is 7.26. The SMILES string of the molecule is c1ccc2c(c1)-c1ccccc1C21c2ccccc2-c2ccc(N(c3ccc(-c4cccc5c4sc4ccccc45)cc3)c3ccc(-n4c5ccccc5c5ccccc54)cc3)cc21. The van der Waals surface area contributed by atoms with Gasteiger partial charge in [0, 0.05) is 53.7 Å². The minimum atomic E-state index is -0.437. The van der Waals surface area contributed by atoms with Crippen molar-refractivity contribution >= 4 is 70.4 Å². The summed E-state index contributed by atoms with van der Waals surface area (Å²) >= 11 is 1.88. The molecule has 0 fully saturated rings. The Balaban J connectivity index is 0.966. The van der Waals surface area contributed by atoms with E-state index in [9.17, 15) is 0 Å². The number of anilines is 3. The summed E-state index contributed by atoms with van der Waals surface area (Å²) in [6.45, 7) is 0. The van der Waals surface area contributed by atoms with E-state index < -0.39 is 5.41 Å². The van der Waals surface area contributed by atoms with Crippen molar-refractivity contribution in [2.24, 2.45) is 0 Å². The van der Waals surface area contributed by atoms with Gasteiger partial charge in [0.25, 0.3) is 0 Å². The first-order valence-corrected chi connectivity index (χ1v) is 22.9. The summed E-state index contributed by atoms with van der Waals surface area (Å²) in [5, 5.41) is 5.16. The highest BCUT2D eigenvalue weighted by Crippen LogP contribution is 2.63. The van der Waals surface area contributed by atoms with Crippen LogP contribution < -0.4 is 4.90 Å². The van der Waals surface area contributed by atoms with Crippen LogP contribution >= 0.6 is 11.3 Å². The van der Waals surface area contributed by atoms with Crippen molar-refractivity contribution in [3.63, 3.8) is 0 Å². The van der Waals surface area contributed by atoms with E-state index in [1.165, 1.54) is 97.6 Å². The highest BCUT2D eigenvalue weighted by atomic mass is 32.1. The summed E-state index contributed by atoms with van der Waals surface area (Å²) < 4.78 is 5.05. The van der Waals surface area contributed by atoms with Crippen LogP contribution in [0.5, 0.6) is 0 Å². The van der Waals surface area contributed by atoms with Crippen LogP contribution in [0.15, 0.2) is 231 Å². The fourth-order valence-electron chi connectivity index (χ4n) is 11.4. The first-order valence-electron chi connectivity index (χ1n) is 22.1. The predicted molar refractivity (Wildman–Crippen MR) is 270 cm³/mol.